The molecule has 1 saturated carbocycles. The van der Waals surface area contributed by atoms with Gasteiger partial charge in [0.15, 0.2) is 0 Å². The topological polar surface area (TPSA) is 29.9 Å². The van der Waals surface area contributed by atoms with Gasteiger partial charge in [-0.3, -0.25) is 4.68 Å². The summed E-state index contributed by atoms with van der Waals surface area (Å²) in [7, 11) is 0. The molecule has 0 saturated heterocycles. The second kappa shape index (κ2) is 6.63. The summed E-state index contributed by atoms with van der Waals surface area (Å²) in [4.78, 5) is 0. The number of nitrogens with zero attached hydrogens (tertiary/aromatic N) is 2. The highest BCUT2D eigenvalue weighted by Crippen LogP contribution is 2.28. The molecule has 1 aromatic carbocycles. The third-order valence-corrected chi connectivity index (χ3v) is 4.54. The average molecular weight is 304 g/mol. The molecule has 1 N–H and O–H groups in total. The van der Waals surface area contributed by atoms with Gasteiger partial charge in [0.1, 0.15) is 0 Å². The first-order chi connectivity index (χ1) is 10.2. The predicted octanol–water partition coefficient (Wildman–Crippen LogP) is 4.50. The van der Waals surface area contributed by atoms with E-state index in [1.165, 1.54) is 31.2 Å². The minimum absolute atomic E-state index is 0.264. The number of hydrogen-bond donors (Lipinski definition) is 1. The van der Waals surface area contributed by atoms with Crippen LogP contribution < -0.4 is 5.32 Å². The van der Waals surface area contributed by atoms with Crippen LogP contribution in [0, 0.1) is 0 Å². The summed E-state index contributed by atoms with van der Waals surface area (Å²) in [6, 6.07) is 11.0. The van der Waals surface area contributed by atoms with Crippen molar-refractivity contribution in [2.45, 2.75) is 51.2 Å². The van der Waals surface area contributed by atoms with Crippen LogP contribution in [0.15, 0.2) is 36.5 Å². The summed E-state index contributed by atoms with van der Waals surface area (Å²) in [5, 5.41) is 9.00. The average Bonchev–Trinajstić information content (AvgIpc) is 3.15. The van der Waals surface area contributed by atoms with Gasteiger partial charge in [-0.05, 0) is 43.5 Å². The molecule has 0 radical (unpaired) electrons. The van der Waals surface area contributed by atoms with E-state index in [4.69, 9.17) is 16.7 Å². The lowest BCUT2D eigenvalue weighted by Crippen LogP contribution is -2.18. The van der Waals surface area contributed by atoms with E-state index in [-0.39, 0.29) is 6.04 Å². The summed E-state index contributed by atoms with van der Waals surface area (Å²) < 4.78 is 2.15. The van der Waals surface area contributed by atoms with Crippen molar-refractivity contribution in [1.82, 2.24) is 15.1 Å². The van der Waals surface area contributed by atoms with Crippen LogP contribution in [0.3, 0.4) is 0 Å². The maximum atomic E-state index is 6.04. The molecule has 112 valence electrons. The van der Waals surface area contributed by atoms with Crippen molar-refractivity contribution >= 4 is 11.6 Å². The molecule has 0 aliphatic heterocycles. The minimum Gasteiger partial charge on any atom is -0.304 e. The van der Waals surface area contributed by atoms with Crippen molar-refractivity contribution in [1.29, 1.82) is 0 Å². The fraction of sp³-hybridized carbons (Fsp3) is 0.471. The maximum Gasteiger partial charge on any atom is 0.0762 e. The molecule has 0 bridgehead atoms. The fourth-order valence-electron chi connectivity index (χ4n) is 3.00. The summed E-state index contributed by atoms with van der Waals surface area (Å²) in [6.45, 7) is 2.94. The Bertz CT molecular complexity index is 587. The number of halogens is 1. The van der Waals surface area contributed by atoms with Crippen LogP contribution in [0.2, 0.25) is 5.02 Å². The van der Waals surface area contributed by atoms with Gasteiger partial charge < -0.3 is 5.32 Å². The first kappa shape index (κ1) is 14.6. The van der Waals surface area contributed by atoms with Crippen molar-refractivity contribution in [2.75, 3.05) is 0 Å². The molecule has 1 aliphatic carbocycles. The minimum atomic E-state index is 0.264. The first-order valence-electron chi connectivity index (χ1n) is 7.75. The zero-order chi connectivity index (χ0) is 14.7. The molecule has 21 heavy (non-hydrogen) atoms. The van der Waals surface area contributed by atoms with E-state index in [1.54, 1.807) is 0 Å². The molecular formula is C17H22ClN3. The van der Waals surface area contributed by atoms with Crippen LogP contribution in [0.5, 0.6) is 0 Å². The van der Waals surface area contributed by atoms with Crippen molar-refractivity contribution in [2.24, 2.45) is 0 Å². The molecular weight excluding hydrogens is 282 g/mol. The summed E-state index contributed by atoms with van der Waals surface area (Å²) in [5.41, 5.74) is 2.31. The second-order valence-electron chi connectivity index (χ2n) is 5.88. The number of rotatable bonds is 5. The van der Waals surface area contributed by atoms with Gasteiger partial charge in [-0.25, -0.2) is 0 Å². The molecule has 1 heterocycles. The van der Waals surface area contributed by atoms with Crippen molar-refractivity contribution in [3.63, 3.8) is 0 Å². The summed E-state index contributed by atoms with van der Waals surface area (Å²) >= 11 is 6.04. The number of hydrogen-bond acceptors (Lipinski definition) is 2. The lowest BCUT2D eigenvalue weighted by molar-refractivity contribution is 0.458. The van der Waals surface area contributed by atoms with Gasteiger partial charge in [0, 0.05) is 23.8 Å². The molecule has 2 aromatic rings. The molecule has 1 aromatic heterocycles. The monoisotopic (exact) mass is 303 g/mol. The van der Waals surface area contributed by atoms with E-state index in [0.29, 0.717) is 6.04 Å². The van der Waals surface area contributed by atoms with Gasteiger partial charge in [0.2, 0.25) is 0 Å². The highest BCUT2D eigenvalue weighted by molar-refractivity contribution is 6.30. The van der Waals surface area contributed by atoms with Gasteiger partial charge in [-0.1, -0.05) is 36.6 Å². The SMILES string of the molecule is C[C@H](NCc1ccn(C2CCCC2)n1)c1cccc(Cl)c1. The Morgan fingerprint density at radius 1 is 1.33 bits per heavy atom. The van der Waals surface area contributed by atoms with Gasteiger partial charge in [0.25, 0.3) is 0 Å². The van der Waals surface area contributed by atoms with Crippen LogP contribution in [0.1, 0.15) is 55.9 Å². The molecule has 0 spiro atoms. The number of nitrogens with one attached hydrogen (secondary N) is 1. The van der Waals surface area contributed by atoms with Crippen LogP contribution in [0.4, 0.5) is 0 Å². The van der Waals surface area contributed by atoms with Crippen LogP contribution in [0.25, 0.3) is 0 Å². The largest absolute Gasteiger partial charge is 0.304 e. The molecule has 0 amide bonds. The Balaban J connectivity index is 1.57. The molecule has 1 fully saturated rings. The Morgan fingerprint density at radius 3 is 2.90 bits per heavy atom. The predicted molar refractivity (Wildman–Crippen MR) is 86.4 cm³/mol. The van der Waals surface area contributed by atoms with Gasteiger partial charge in [-0.2, -0.15) is 5.10 Å². The molecule has 3 nitrogen and oxygen atoms in total. The van der Waals surface area contributed by atoms with E-state index >= 15 is 0 Å². The van der Waals surface area contributed by atoms with E-state index < -0.39 is 0 Å². The lowest BCUT2D eigenvalue weighted by Gasteiger charge is -2.14. The quantitative estimate of drug-likeness (QED) is 0.881. The van der Waals surface area contributed by atoms with Gasteiger partial charge >= 0.3 is 0 Å². The van der Waals surface area contributed by atoms with Crippen LogP contribution in [-0.2, 0) is 6.54 Å². The molecule has 0 unspecified atom stereocenters. The highest BCUT2D eigenvalue weighted by Gasteiger charge is 2.17. The van der Waals surface area contributed by atoms with Crippen LogP contribution >= 0.6 is 11.6 Å². The highest BCUT2D eigenvalue weighted by atomic mass is 35.5. The fourth-order valence-corrected chi connectivity index (χ4v) is 3.19. The molecule has 3 rings (SSSR count). The normalized spacial score (nSPS) is 17.2. The van der Waals surface area contributed by atoms with Gasteiger partial charge in [0.05, 0.1) is 11.7 Å². The maximum absolute atomic E-state index is 6.04. The number of aromatic nitrogens is 2. The third-order valence-electron chi connectivity index (χ3n) is 4.30. The zero-order valence-electron chi connectivity index (χ0n) is 12.4. The lowest BCUT2D eigenvalue weighted by atomic mass is 10.1. The van der Waals surface area contributed by atoms with E-state index in [1.807, 2.05) is 18.2 Å². The van der Waals surface area contributed by atoms with Crippen molar-refractivity contribution in [3.05, 3.63) is 52.8 Å². The summed E-state index contributed by atoms with van der Waals surface area (Å²) in [5.74, 6) is 0. The standard InChI is InChI=1S/C17H22ClN3/c1-13(14-5-4-6-15(18)11-14)19-12-16-9-10-21(20-16)17-7-2-3-8-17/h4-6,9-11,13,17,19H,2-3,7-8,12H2,1H3/t13-/m0/s1. The van der Waals surface area contributed by atoms with E-state index in [0.717, 1.165) is 17.3 Å². The Labute approximate surface area is 131 Å². The van der Waals surface area contributed by atoms with E-state index in [9.17, 15) is 0 Å². The molecule has 1 aliphatic rings. The Hall–Kier alpha value is -1.32. The van der Waals surface area contributed by atoms with E-state index in [2.05, 4.69) is 35.3 Å². The first-order valence-corrected chi connectivity index (χ1v) is 8.13. The zero-order valence-corrected chi connectivity index (χ0v) is 13.2. The Morgan fingerprint density at radius 2 is 2.14 bits per heavy atom. The number of benzene rings is 1. The van der Waals surface area contributed by atoms with Crippen LogP contribution in [-0.4, -0.2) is 9.78 Å². The second-order valence-corrected chi connectivity index (χ2v) is 6.32. The Kier molecular flexibility index (Phi) is 4.61. The summed E-state index contributed by atoms with van der Waals surface area (Å²) in [6.07, 6.45) is 7.34. The van der Waals surface area contributed by atoms with Crippen molar-refractivity contribution < 1.29 is 0 Å². The third kappa shape index (κ3) is 3.66. The van der Waals surface area contributed by atoms with Gasteiger partial charge in [-0.15, -0.1) is 0 Å². The molecule has 1 atom stereocenters. The smallest absolute Gasteiger partial charge is 0.0762 e. The van der Waals surface area contributed by atoms with Crippen molar-refractivity contribution in [3.8, 4) is 0 Å². The molecule has 4 heteroatoms.